The minimum Gasteiger partial charge on any atom is -0.382 e. The highest BCUT2D eigenvalue weighted by Crippen LogP contribution is 2.30. The van der Waals surface area contributed by atoms with Crippen LogP contribution in [0, 0.1) is 0 Å². The molecule has 0 radical (unpaired) electrons. The molecule has 0 amide bonds. The summed E-state index contributed by atoms with van der Waals surface area (Å²) < 4.78 is 3.70. The fraction of sp³-hybridized carbons (Fsp3) is 0.111. The summed E-state index contributed by atoms with van der Waals surface area (Å²) >= 11 is 0. The second-order valence-electron chi connectivity index (χ2n) is 6.15. The highest BCUT2D eigenvalue weighted by Gasteiger charge is 2.20. The number of aromatic nitrogens is 8. The molecule has 9 heteroatoms. The second kappa shape index (κ2) is 5.84. The zero-order valence-corrected chi connectivity index (χ0v) is 14.4. The molecule has 9 nitrogen and oxygen atoms in total. The van der Waals surface area contributed by atoms with Crippen molar-refractivity contribution in [1.29, 1.82) is 0 Å². The molecule has 0 aromatic carbocycles. The van der Waals surface area contributed by atoms with Gasteiger partial charge in [0.15, 0.2) is 17.1 Å². The van der Waals surface area contributed by atoms with E-state index in [0.29, 0.717) is 17.0 Å². The molecule has 0 fully saturated rings. The Balaban J connectivity index is 1.74. The number of nitrogen functional groups attached to an aromatic ring is 1. The first-order valence-corrected chi connectivity index (χ1v) is 8.41. The monoisotopic (exact) mass is 357 g/mol. The molecule has 27 heavy (non-hydrogen) atoms. The lowest BCUT2D eigenvalue weighted by atomic mass is 10.0. The molecule has 0 aliphatic heterocycles. The zero-order chi connectivity index (χ0) is 18.4. The normalized spacial score (nSPS) is 12.6. The van der Waals surface area contributed by atoms with Crippen molar-refractivity contribution in [2.45, 2.75) is 13.0 Å². The van der Waals surface area contributed by atoms with Crippen LogP contribution in [0.3, 0.4) is 0 Å². The van der Waals surface area contributed by atoms with Crippen molar-refractivity contribution in [3.05, 3.63) is 61.1 Å². The minimum atomic E-state index is -0.115. The van der Waals surface area contributed by atoms with Gasteiger partial charge in [0.2, 0.25) is 0 Å². The topological polar surface area (TPSA) is 113 Å². The smallest absolute Gasteiger partial charge is 0.165 e. The van der Waals surface area contributed by atoms with E-state index in [9.17, 15) is 0 Å². The highest BCUT2D eigenvalue weighted by molar-refractivity contribution is 5.81. The van der Waals surface area contributed by atoms with Crippen LogP contribution >= 0.6 is 0 Å². The molecular weight excluding hydrogens is 342 g/mol. The Morgan fingerprint density at radius 1 is 1.04 bits per heavy atom. The van der Waals surface area contributed by atoms with E-state index in [1.54, 1.807) is 23.2 Å². The molecule has 0 aliphatic rings. The van der Waals surface area contributed by atoms with Gasteiger partial charge in [0.1, 0.15) is 17.5 Å². The number of fused-ring (bicyclic) bond motifs is 2. The first-order valence-electron chi connectivity index (χ1n) is 8.41. The first-order chi connectivity index (χ1) is 13.2. The van der Waals surface area contributed by atoms with Crippen molar-refractivity contribution in [3.63, 3.8) is 0 Å². The SMILES string of the molecule is C[C@@H](c1cc2nccn2nc1-c1ccccn1)n1cnc2c(N)ncnc21. The molecule has 0 saturated carbocycles. The van der Waals surface area contributed by atoms with Crippen LogP contribution in [0.5, 0.6) is 0 Å². The van der Waals surface area contributed by atoms with Gasteiger partial charge in [0, 0.05) is 24.2 Å². The van der Waals surface area contributed by atoms with E-state index < -0.39 is 0 Å². The number of imidazole rings is 2. The van der Waals surface area contributed by atoms with Gasteiger partial charge in [-0.2, -0.15) is 5.10 Å². The highest BCUT2D eigenvalue weighted by atomic mass is 15.3. The number of hydrogen-bond acceptors (Lipinski definition) is 7. The fourth-order valence-electron chi connectivity index (χ4n) is 3.19. The summed E-state index contributed by atoms with van der Waals surface area (Å²) in [5, 5.41) is 4.73. The van der Waals surface area contributed by atoms with Gasteiger partial charge in [-0.3, -0.25) is 4.98 Å². The fourth-order valence-corrected chi connectivity index (χ4v) is 3.19. The lowest BCUT2D eigenvalue weighted by molar-refractivity contribution is 0.647. The van der Waals surface area contributed by atoms with E-state index in [4.69, 9.17) is 10.8 Å². The van der Waals surface area contributed by atoms with Gasteiger partial charge >= 0.3 is 0 Å². The quantitative estimate of drug-likeness (QED) is 0.526. The third-order valence-electron chi connectivity index (χ3n) is 4.58. The number of pyridine rings is 1. The van der Waals surface area contributed by atoms with Crippen LogP contribution in [0.1, 0.15) is 18.5 Å². The first kappa shape index (κ1) is 15.4. The van der Waals surface area contributed by atoms with Crippen molar-refractivity contribution >= 4 is 22.6 Å². The van der Waals surface area contributed by atoms with E-state index in [-0.39, 0.29) is 6.04 Å². The van der Waals surface area contributed by atoms with Crippen molar-refractivity contribution in [2.75, 3.05) is 5.73 Å². The summed E-state index contributed by atoms with van der Waals surface area (Å²) in [5.41, 5.74) is 10.5. The molecule has 0 aliphatic carbocycles. The van der Waals surface area contributed by atoms with E-state index in [1.807, 2.05) is 35.0 Å². The van der Waals surface area contributed by atoms with E-state index in [0.717, 1.165) is 22.6 Å². The molecule has 2 N–H and O–H groups in total. The Morgan fingerprint density at radius 2 is 1.96 bits per heavy atom. The minimum absolute atomic E-state index is 0.115. The predicted molar refractivity (Wildman–Crippen MR) is 99.8 cm³/mol. The van der Waals surface area contributed by atoms with Crippen molar-refractivity contribution in [3.8, 4) is 11.4 Å². The molecule has 0 bridgehead atoms. The maximum atomic E-state index is 5.93. The lowest BCUT2D eigenvalue weighted by Crippen LogP contribution is -2.11. The number of rotatable bonds is 3. The summed E-state index contributed by atoms with van der Waals surface area (Å²) in [6.07, 6.45) is 8.46. The maximum Gasteiger partial charge on any atom is 0.165 e. The molecule has 132 valence electrons. The molecular formula is C18H15N9. The standard InChI is InChI=1S/C18H15N9/c1-11(26-10-24-16-17(19)22-9-23-18(16)26)12-8-14-21-6-7-27(14)25-15(12)13-4-2-3-5-20-13/h2-11H,1H3,(H2,19,22,23)/t11-/m0/s1. The molecule has 5 aromatic heterocycles. The van der Waals surface area contributed by atoms with Crippen LogP contribution in [0.15, 0.2) is 55.5 Å². The Kier molecular flexibility index (Phi) is 3.32. The van der Waals surface area contributed by atoms with Crippen molar-refractivity contribution < 1.29 is 0 Å². The molecule has 5 aromatic rings. The summed E-state index contributed by atoms with van der Waals surface area (Å²) in [5.74, 6) is 0.359. The van der Waals surface area contributed by atoms with E-state index >= 15 is 0 Å². The summed E-state index contributed by atoms with van der Waals surface area (Å²) in [7, 11) is 0. The average molecular weight is 357 g/mol. The third-order valence-corrected chi connectivity index (χ3v) is 4.58. The van der Waals surface area contributed by atoms with Crippen molar-refractivity contribution in [1.82, 2.24) is 39.1 Å². The second-order valence-corrected chi connectivity index (χ2v) is 6.15. The van der Waals surface area contributed by atoms with Gasteiger partial charge in [-0.25, -0.2) is 24.5 Å². The average Bonchev–Trinajstić information content (AvgIpc) is 3.34. The van der Waals surface area contributed by atoms with Crippen molar-refractivity contribution in [2.24, 2.45) is 0 Å². The van der Waals surface area contributed by atoms with E-state index in [2.05, 4.69) is 31.8 Å². The van der Waals surface area contributed by atoms with Gasteiger partial charge in [-0.1, -0.05) is 6.07 Å². The van der Waals surface area contributed by atoms with E-state index in [1.165, 1.54) is 6.33 Å². The van der Waals surface area contributed by atoms with Crippen LogP contribution in [0.4, 0.5) is 5.82 Å². The Morgan fingerprint density at radius 3 is 2.81 bits per heavy atom. The maximum absolute atomic E-state index is 5.93. The summed E-state index contributed by atoms with van der Waals surface area (Å²) in [6, 6.07) is 7.66. The van der Waals surface area contributed by atoms with Gasteiger partial charge in [0.05, 0.1) is 18.1 Å². The third kappa shape index (κ3) is 2.40. The predicted octanol–water partition coefficient (Wildman–Crippen LogP) is 2.12. The Bertz CT molecular complexity index is 1260. The molecule has 1 atom stereocenters. The Hall–Kier alpha value is -3.88. The lowest BCUT2D eigenvalue weighted by Gasteiger charge is -2.17. The summed E-state index contributed by atoms with van der Waals surface area (Å²) in [6.45, 7) is 2.06. The Labute approximate surface area is 153 Å². The number of nitrogens with zero attached hydrogens (tertiary/aromatic N) is 8. The summed E-state index contributed by atoms with van der Waals surface area (Å²) in [4.78, 5) is 21.6. The van der Waals surface area contributed by atoms with Crippen LogP contribution < -0.4 is 5.73 Å². The van der Waals surface area contributed by atoms with Gasteiger partial charge in [-0.15, -0.1) is 0 Å². The van der Waals surface area contributed by atoms with Crippen LogP contribution in [-0.2, 0) is 0 Å². The van der Waals surface area contributed by atoms with Crippen LogP contribution in [-0.4, -0.2) is 39.1 Å². The molecule has 0 spiro atoms. The van der Waals surface area contributed by atoms with Gasteiger partial charge < -0.3 is 10.3 Å². The zero-order valence-electron chi connectivity index (χ0n) is 14.4. The van der Waals surface area contributed by atoms with Gasteiger partial charge in [0.25, 0.3) is 0 Å². The number of nitrogens with two attached hydrogens (primary N) is 1. The van der Waals surface area contributed by atoms with Crippen LogP contribution in [0.2, 0.25) is 0 Å². The molecule has 5 heterocycles. The number of anilines is 1. The molecule has 0 saturated heterocycles. The van der Waals surface area contributed by atoms with Gasteiger partial charge in [-0.05, 0) is 25.1 Å². The number of hydrogen-bond donors (Lipinski definition) is 1. The molecule has 0 unspecified atom stereocenters. The van der Waals surface area contributed by atoms with Crippen LogP contribution in [0.25, 0.3) is 28.2 Å². The largest absolute Gasteiger partial charge is 0.382 e. The molecule has 5 rings (SSSR count).